The highest BCUT2D eigenvalue weighted by molar-refractivity contribution is 5.96. The van der Waals surface area contributed by atoms with E-state index in [-0.39, 0.29) is 17.4 Å². The highest BCUT2D eigenvalue weighted by Crippen LogP contribution is 2.49. The molecule has 1 saturated carbocycles. The number of amides is 1. The number of hydrogen-bond donors (Lipinski definition) is 1. The number of anilines is 1. The van der Waals surface area contributed by atoms with Crippen LogP contribution in [-0.4, -0.2) is 46.2 Å². The lowest BCUT2D eigenvalue weighted by atomic mass is 9.88. The molecule has 2 aliphatic rings. The Morgan fingerprint density at radius 3 is 3.00 bits per heavy atom. The first-order chi connectivity index (χ1) is 12.5. The topological polar surface area (TPSA) is 58.9 Å². The van der Waals surface area contributed by atoms with Gasteiger partial charge in [0.25, 0.3) is 0 Å². The third-order valence-electron chi connectivity index (χ3n) is 5.86. The van der Waals surface area contributed by atoms with E-state index in [4.69, 9.17) is 4.74 Å². The summed E-state index contributed by atoms with van der Waals surface area (Å²) < 4.78 is 7.21. The first kappa shape index (κ1) is 17.1. The van der Waals surface area contributed by atoms with Gasteiger partial charge in [0.1, 0.15) is 5.76 Å². The number of ether oxygens (including phenoxy) is 1. The summed E-state index contributed by atoms with van der Waals surface area (Å²) in [4.78, 5) is 15.2. The lowest BCUT2D eigenvalue weighted by Gasteiger charge is -2.37. The third kappa shape index (κ3) is 2.98. The van der Waals surface area contributed by atoms with Crippen LogP contribution in [0.2, 0.25) is 0 Å². The SMILES string of the molecule is C=C(OCC)c1ccc2c(NC(=O)C3CCN(C)C4(CC4)C3)cnn2c1. The maximum atomic E-state index is 12.8. The van der Waals surface area contributed by atoms with Crippen molar-refractivity contribution in [2.24, 2.45) is 5.92 Å². The Labute approximate surface area is 153 Å². The van der Waals surface area contributed by atoms with Crippen LogP contribution in [0.25, 0.3) is 11.3 Å². The van der Waals surface area contributed by atoms with Crippen LogP contribution in [0.5, 0.6) is 0 Å². The lowest BCUT2D eigenvalue weighted by Crippen LogP contribution is -2.44. The Morgan fingerprint density at radius 1 is 1.46 bits per heavy atom. The fraction of sp³-hybridized carbons (Fsp3) is 0.500. The molecule has 2 aromatic rings. The number of nitrogens with zero attached hydrogens (tertiary/aromatic N) is 3. The van der Waals surface area contributed by atoms with Gasteiger partial charge < -0.3 is 15.0 Å². The summed E-state index contributed by atoms with van der Waals surface area (Å²) >= 11 is 0. The number of likely N-dealkylation sites (tertiary alicyclic amines) is 1. The Bertz CT molecular complexity index is 853. The highest BCUT2D eigenvalue weighted by Gasteiger charge is 2.50. The largest absolute Gasteiger partial charge is 0.494 e. The van der Waals surface area contributed by atoms with Crippen molar-refractivity contribution in [3.63, 3.8) is 0 Å². The molecule has 1 amide bonds. The first-order valence-electron chi connectivity index (χ1n) is 9.34. The summed E-state index contributed by atoms with van der Waals surface area (Å²) in [6.45, 7) is 7.43. The van der Waals surface area contributed by atoms with Crippen molar-refractivity contribution in [3.05, 3.63) is 36.7 Å². The molecule has 138 valence electrons. The van der Waals surface area contributed by atoms with Crippen molar-refractivity contribution in [1.82, 2.24) is 14.5 Å². The van der Waals surface area contributed by atoms with E-state index >= 15 is 0 Å². The van der Waals surface area contributed by atoms with Crippen molar-refractivity contribution >= 4 is 22.9 Å². The molecule has 1 aliphatic carbocycles. The van der Waals surface area contributed by atoms with Gasteiger partial charge in [-0.3, -0.25) is 4.79 Å². The van der Waals surface area contributed by atoms with Gasteiger partial charge in [-0.05, 0) is 58.3 Å². The van der Waals surface area contributed by atoms with Crippen LogP contribution in [0.15, 0.2) is 31.1 Å². The van der Waals surface area contributed by atoms with E-state index in [0.717, 1.165) is 36.2 Å². The van der Waals surface area contributed by atoms with Crippen molar-refractivity contribution in [1.29, 1.82) is 0 Å². The van der Waals surface area contributed by atoms with Crippen molar-refractivity contribution < 1.29 is 9.53 Å². The summed E-state index contributed by atoms with van der Waals surface area (Å²) in [5, 5.41) is 7.46. The zero-order valence-electron chi connectivity index (χ0n) is 15.5. The van der Waals surface area contributed by atoms with Gasteiger partial charge in [-0.1, -0.05) is 6.58 Å². The summed E-state index contributed by atoms with van der Waals surface area (Å²) in [7, 11) is 2.18. The quantitative estimate of drug-likeness (QED) is 0.838. The van der Waals surface area contributed by atoms with Gasteiger partial charge in [0.15, 0.2) is 0 Å². The number of fused-ring (bicyclic) bond motifs is 1. The highest BCUT2D eigenvalue weighted by atomic mass is 16.5. The van der Waals surface area contributed by atoms with E-state index in [1.807, 2.05) is 25.3 Å². The molecule has 0 radical (unpaired) electrons. The third-order valence-corrected chi connectivity index (χ3v) is 5.86. The number of nitrogens with one attached hydrogen (secondary N) is 1. The molecule has 1 N–H and O–H groups in total. The van der Waals surface area contributed by atoms with E-state index in [0.29, 0.717) is 12.4 Å². The van der Waals surface area contributed by atoms with Crippen molar-refractivity contribution in [3.8, 4) is 0 Å². The second kappa shape index (κ2) is 6.43. The molecule has 3 heterocycles. The predicted molar refractivity (Wildman–Crippen MR) is 102 cm³/mol. The maximum Gasteiger partial charge on any atom is 0.227 e. The molecule has 1 atom stereocenters. The monoisotopic (exact) mass is 354 g/mol. The van der Waals surface area contributed by atoms with Gasteiger partial charge in [-0.25, -0.2) is 4.52 Å². The van der Waals surface area contributed by atoms with Crippen molar-refractivity contribution in [2.75, 3.05) is 25.5 Å². The summed E-state index contributed by atoms with van der Waals surface area (Å²) in [6, 6.07) is 3.89. The minimum atomic E-state index is 0.0839. The van der Waals surface area contributed by atoms with Crippen LogP contribution in [0.3, 0.4) is 0 Å². The minimum absolute atomic E-state index is 0.0839. The van der Waals surface area contributed by atoms with Crippen LogP contribution in [-0.2, 0) is 9.53 Å². The van der Waals surface area contributed by atoms with Gasteiger partial charge >= 0.3 is 0 Å². The number of rotatable bonds is 5. The number of pyridine rings is 1. The van der Waals surface area contributed by atoms with Crippen LogP contribution in [0.1, 0.15) is 38.2 Å². The Balaban J connectivity index is 1.49. The van der Waals surface area contributed by atoms with Crippen LogP contribution in [0.4, 0.5) is 5.69 Å². The molecule has 1 aliphatic heterocycles. The molecule has 1 spiro atoms. The van der Waals surface area contributed by atoms with E-state index in [1.165, 1.54) is 12.8 Å². The molecule has 6 nitrogen and oxygen atoms in total. The Kier molecular flexibility index (Phi) is 4.23. The summed E-state index contributed by atoms with van der Waals surface area (Å²) in [5.41, 5.74) is 2.80. The number of piperidine rings is 1. The van der Waals surface area contributed by atoms with Crippen LogP contribution < -0.4 is 5.32 Å². The number of carbonyl (C=O) groups excluding carboxylic acids is 1. The van der Waals surface area contributed by atoms with E-state index in [9.17, 15) is 4.79 Å². The van der Waals surface area contributed by atoms with Gasteiger partial charge in [0, 0.05) is 23.2 Å². The maximum absolute atomic E-state index is 12.8. The van der Waals surface area contributed by atoms with Crippen LogP contribution in [0, 0.1) is 5.92 Å². The second-order valence-electron chi connectivity index (χ2n) is 7.49. The average Bonchev–Trinajstić information content (AvgIpc) is 3.30. The molecular weight excluding hydrogens is 328 g/mol. The molecule has 2 fully saturated rings. The minimum Gasteiger partial charge on any atom is -0.494 e. The molecule has 1 unspecified atom stereocenters. The van der Waals surface area contributed by atoms with E-state index in [1.54, 1.807) is 10.7 Å². The van der Waals surface area contributed by atoms with E-state index < -0.39 is 0 Å². The zero-order valence-corrected chi connectivity index (χ0v) is 15.5. The van der Waals surface area contributed by atoms with Gasteiger partial charge in [0.05, 0.1) is 24.0 Å². The van der Waals surface area contributed by atoms with Crippen molar-refractivity contribution in [2.45, 2.75) is 38.1 Å². The number of carbonyl (C=O) groups is 1. The Hall–Kier alpha value is -2.34. The molecule has 1 saturated heterocycles. The smallest absolute Gasteiger partial charge is 0.227 e. The lowest BCUT2D eigenvalue weighted by molar-refractivity contribution is -0.122. The van der Waals surface area contributed by atoms with Gasteiger partial charge in [0.2, 0.25) is 5.91 Å². The molecule has 0 aromatic carbocycles. The molecule has 6 heteroatoms. The molecular formula is C20H26N4O2. The predicted octanol–water partition coefficient (Wildman–Crippen LogP) is 3.15. The number of hydrogen-bond acceptors (Lipinski definition) is 4. The van der Waals surface area contributed by atoms with Crippen LogP contribution >= 0.6 is 0 Å². The van der Waals surface area contributed by atoms with E-state index in [2.05, 4.69) is 28.9 Å². The Morgan fingerprint density at radius 2 is 2.27 bits per heavy atom. The fourth-order valence-corrected chi connectivity index (χ4v) is 3.99. The second-order valence-corrected chi connectivity index (χ2v) is 7.49. The first-order valence-corrected chi connectivity index (χ1v) is 9.34. The standard InChI is InChI=1S/C20H26N4O2/c1-4-26-14(2)16-5-6-18-17(12-21-24(18)13-16)22-19(25)15-7-10-23(3)20(11-15)8-9-20/h5-6,12-13,15H,2,4,7-11H2,1,3H3,(H,22,25). The summed E-state index contributed by atoms with van der Waals surface area (Å²) in [6.07, 6.45) is 7.90. The molecule has 26 heavy (non-hydrogen) atoms. The zero-order chi connectivity index (χ0) is 18.3. The van der Waals surface area contributed by atoms with Gasteiger partial charge in [-0.15, -0.1) is 0 Å². The summed E-state index contributed by atoms with van der Waals surface area (Å²) in [5.74, 6) is 0.819. The number of aromatic nitrogens is 2. The molecule has 2 aromatic heterocycles. The fourth-order valence-electron chi connectivity index (χ4n) is 3.99. The average molecular weight is 354 g/mol. The normalized spacial score (nSPS) is 21.7. The molecule has 4 rings (SSSR count). The van der Waals surface area contributed by atoms with Gasteiger partial charge in [-0.2, -0.15) is 5.10 Å². The molecule has 0 bridgehead atoms.